The summed E-state index contributed by atoms with van der Waals surface area (Å²) >= 11 is 0. The van der Waals surface area contributed by atoms with Gasteiger partial charge in [0.25, 0.3) is 11.5 Å². The summed E-state index contributed by atoms with van der Waals surface area (Å²) in [5.74, 6) is -9.82. The van der Waals surface area contributed by atoms with Gasteiger partial charge in [0.1, 0.15) is 44.3 Å². The monoisotopic (exact) mass is 2680 g/mol. The zero-order chi connectivity index (χ0) is 93.4. The van der Waals surface area contributed by atoms with E-state index in [1.807, 2.05) is 115 Å². The number of carbonyl (C=O) groups excluding carboxylic acids is 7. The molecule has 0 fully saturated rings. The molecule has 0 saturated carbocycles. The topological polar surface area (TPSA) is 529 Å². The van der Waals surface area contributed by atoms with E-state index in [0.717, 1.165) is 75.4 Å². The van der Waals surface area contributed by atoms with E-state index in [1.54, 1.807) is 49.4 Å². The van der Waals surface area contributed by atoms with Crippen molar-refractivity contribution in [2.45, 2.75) is 74.7 Å². The zero-order valence-electron chi connectivity index (χ0n) is 72.0. The number of carboxylic acid groups (broad SMARTS) is 5. The number of phosphoric acid groups is 1. The van der Waals surface area contributed by atoms with Crippen LogP contribution in [0.1, 0.15) is 85.4 Å². The number of phosphoric ester groups is 1. The van der Waals surface area contributed by atoms with E-state index in [9.17, 15) is 102 Å². The van der Waals surface area contributed by atoms with Crippen LogP contribution >= 0.6 is 29.4 Å². The fourth-order valence-corrected chi connectivity index (χ4v) is 18.5. The summed E-state index contributed by atoms with van der Waals surface area (Å²) in [7, 11) is -2.55. The first-order valence-electron chi connectivity index (χ1n) is 41.6. The third-order valence-corrected chi connectivity index (χ3v) is 24.8. The van der Waals surface area contributed by atoms with Gasteiger partial charge in [-0.15, -0.1) is 0 Å². The molecule has 2 unspecified atom stereocenters. The summed E-state index contributed by atoms with van der Waals surface area (Å²) in [6.07, 6.45) is -3.23. The molecule has 1 aromatic heterocycles. The molecule has 0 radical (unpaired) electrons. The number of benzene rings is 8. The van der Waals surface area contributed by atoms with E-state index in [4.69, 9.17) is 23.7 Å². The molecule has 732 valence electrons. The van der Waals surface area contributed by atoms with Crippen molar-refractivity contribution in [1.82, 2.24) is 50.8 Å². The van der Waals surface area contributed by atoms with Gasteiger partial charge in [-0.2, -0.15) is 0 Å². The number of aromatic amines is 1. The molecule has 12 N–H and O–H groups in total. The number of anilines is 1. The van der Waals surface area contributed by atoms with Crippen LogP contribution in [0.2, 0.25) is 0 Å². The Morgan fingerprint density at radius 1 is 0.593 bits per heavy atom. The molecule has 2 aliphatic carbocycles. The van der Waals surface area contributed by atoms with Crippen LogP contribution in [0.25, 0.3) is 43.9 Å². The van der Waals surface area contributed by atoms with Crippen molar-refractivity contribution in [1.29, 1.82) is 0 Å². The van der Waals surface area contributed by atoms with Crippen LogP contribution in [0, 0.1) is 6.92 Å². The van der Waals surface area contributed by atoms with Crippen LogP contribution < -0.4 is 31.7 Å². The average Bonchev–Trinajstić information content (AvgIpc) is 1.51. The number of H-pyrrole nitrogens is 1. The number of nitrogens with zero attached hydrogens (tertiary/aromatic N) is 6. The maximum absolute atomic E-state index is 14.8. The van der Waals surface area contributed by atoms with Gasteiger partial charge in [-0.05, 0) is 134 Å². The summed E-state index contributed by atoms with van der Waals surface area (Å²) in [6, 6.07) is 47.0. The van der Waals surface area contributed by atoms with E-state index >= 15 is 0 Å². The number of carbonyl (C=O) groups is 12. The number of alkyl carbamates (subject to hydrolysis) is 2. The molecule has 0 spiro atoms. The zero-order valence-corrected chi connectivity index (χ0v) is 82.9. The van der Waals surface area contributed by atoms with Gasteiger partial charge < -0.3 is 95.1 Å². The number of amides is 7. The van der Waals surface area contributed by atoms with Crippen LogP contribution in [-0.4, -0.2) is 273 Å². The second kappa shape index (κ2) is 49.0. The third-order valence-electron chi connectivity index (χ3n) is 21.8. The van der Waals surface area contributed by atoms with Crippen LogP contribution in [0.5, 0.6) is 0 Å². The second-order valence-electron chi connectivity index (χ2n) is 30.8. The Bertz CT molecular complexity index is 5800. The standard InChI is InChI=1S/C90H96N11O27PS2.Fe.3Fm/c1-54-94-73-24-21-57-20-18-55(41-70(57)83(73)85(113)95-54)43-100(90(119)127-51-72-68-16-8-4-12-64(68)65-13-5-9-17-69(65)72)60-22-23-61-59(42-60)44-101(86(61)114)75(87(115)116)25-27-77(102)91-29-32-99(78(103)45-97(46-79(104)105)33-34-98(47-80(106)107)48-81(108)109)35-39-123-37-30-93-88(117)125-49-56-19-26-76(58(40-56)28-36-124-52-82(110)111)131-130-53-74(84(112)92-31-38-128-129(120,121)122)96-89(118)126-50-71-66-14-6-2-10-62(66)63-11-3-7-15-67(63)71;;;;/h2-24,26,40-42,71-72,74-75H,25,27-39,43-53H2,1H3,(H,91,102)(H,92,112)(H,93,117)(H,96,118)(H,104,105)(H,106,107)(H,108,109)(H,110,111)(H,115,116)(H,94,95,113)(H2,120,121,122);;;;/q;+2;;;. The molecule has 7 amide bonds. The Hall–Kier alpha value is -15.6. The molecule has 45 heteroatoms. The number of rotatable bonds is 49. The maximum atomic E-state index is 14.8. The summed E-state index contributed by atoms with van der Waals surface area (Å²) in [6.45, 7) is -5.20. The summed E-state index contributed by atoms with van der Waals surface area (Å²) in [4.78, 5) is 203. The molecular formula is C90H96FeFm3N11O27PS2+2. The first kappa shape index (κ1) is 105. The van der Waals surface area contributed by atoms with Crippen molar-refractivity contribution < 1.29 is 143 Å². The summed E-state index contributed by atoms with van der Waals surface area (Å²) in [5.41, 5.74) is 10.5. The predicted molar refractivity (Wildman–Crippen MR) is 477 cm³/mol. The van der Waals surface area contributed by atoms with Gasteiger partial charge in [0.2, 0.25) is 17.7 Å². The van der Waals surface area contributed by atoms with E-state index in [-0.39, 0.29) is 151 Å². The average molecular weight is 2690 g/mol. The van der Waals surface area contributed by atoms with Gasteiger partial charge in [-0.25, -0.2) is 33.5 Å². The predicted octanol–water partition coefficient (Wildman–Crippen LogP) is 7.79. The molecule has 38 nitrogen and oxygen atoms in total. The normalized spacial score (nSPS) is 12.7. The van der Waals surface area contributed by atoms with Gasteiger partial charge in [0, 0.05) is 92.5 Å². The van der Waals surface area contributed by atoms with Crippen LogP contribution in [0.15, 0.2) is 173 Å². The minimum absolute atomic E-state index is 0. The van der Waals surface area contributed by atoms with Gasteiger partial charge >= 0.3 is 73.0 Å². The van der Waals surface area contributed by atoms with Crippen molar-refractivity contribution in [3.05, 3.63) is 230 Å². The molecule has 1 aliphatic heterocycles. The van der Waals surface area contributed by atoms with Crippen molar-refractivity contribution in [3.63, 3.8) is 0 Å². The number of hydrogen-bond acceptors (Lipinski definition) is 25. The molecule has 2 atom stereocenters. The molecule has 3 aliphatic rings. The summed E-state index contributed by atoms with van der Waals surface area (Å²) < 4.78 is 44.4. The summed E-state index contributed by atoms with van der Waals surface area (Å²) in [5, 5.41) is 60.8. The molecule has 12 rings (SSSR count). The number of aliphatic carboxylic acids is 5. The number of fused-ring (bicyclic) bond motifs is 10. The molecule has 0 saturated heterocycles. The quantitative estimate of drug-likeness (QED) is 0.00432. The van der Waals surface area contributed by atoms with Gasteiger partial charge in [0.05, 0.1) is 70.1 Å². The van der Waals surface area contributed by atoms with Gasteiger partial charge in [-0.1, -0.05) is 149 Å². The van der Waals surface area contributed by atoms with Crippen molar-refractivity contribution >= 4 is 129 Å². The maximum Gasteiger partial charge on any atom is 2.00 e. The van der Waals surface area contributed by atoms with E-state index in [1.165, 1.54) is 26.7 Å². The number of hydrogen-bond donors (Lipinski definition) is 12. The first-order chi connectivity index (χ1) is 62.9. The van der Waals surface area contributed by atoms with E-state index < -0.39 is 144 Å². The van der Waals surface area contributed by atoms with Crippen molar-refractivity contribution in [3.8, 4) is 22.3 Å². The minimum Gasteiger partial charge on any atom is -0.480 e. The fraction of sp³-hybridized carbons (Fsp3) is 0.333. The number of ether oxygens (including phenoxy) is 5. The fourth-order valence-electron chi connectivity index (χ4n) is 15.8. The van der Waals surface area contributed by atoms with Crippen LogP contribution in [0.3, 0.4) is 0 Å². The molecule has 135 heavy (non-hydrogen) atoms. The first-order valence-corrected chi connectivity index (χ1v) is 45.4. The Morgan fingerprint density at radius 2 is 1.18 bits per heavy atom. The number of carboxylic acids is 5. The molecular weight excluding hydrogens is 2590 g/mol. The van der Waals surface area contributed by atoms with Crippen LogP contribution in [-0.2, 0) is 114 Å². The Balaban J connectivity index is 0.00000560. The molecule has 2 heterocycles. The van der Waals surface area contributed by atoms with Gasteiger partial charge in [-0.3, -0.25) is 57.6 Å². The largest absolute Gasteiger partial charge is 2.00 e. The number of nitrogens with one attached hydrogen (secondary N) is 5. The smallest absolute Gasteiger partial charge is 0.480 e. The van der Waals surface area contributed by atoms with E-state index in [0.29, 0.717) is 55.0 Å². The number of aromatic nitrogens is 2. The Kier molecular flexibility index (Phi) is 38.0. The van der Waals surface area contributed by atoms with Gasteiger partial charge in [0.15, 0.2) is 0 Å². The van der Waals surface area contributed by atoms with Crippen molar-refractivity contribution in [2.75, 3.05) is 129 Å². The third kappa shape index (κ3) is 28.4. The van der Waals surface area contributed by atoms with Crippen LogP contribution in [0.4, 0.5) is 20.1 Å². The number of aryl methyl sites for hydroxylation is 1. The second-order valence-corrected chi connectivity index (χ2v) is 34.4. The Labute approximate surface area is 773 Å². The SMILES string of the molecule is Cc1nc2ccc3ccc(CN(C(=O)OCC4c5ccccc5-c5ccccc54)c4ccc5c(c4)CN(C(CCC(=O)NCCN(CCOCCNC(=O)OCc4ccc(SSCC(NC(=O)OCC6c7ccccc7-c7ccccc76)C(=O)NCCOP(=O)(O)O)c(CCOCC(=O)O)c4)C(=O)CN(CCN(CC(=O)O)CC(=O)O)CC(=O)O)C(=O)O)C5=O)cc3c2c(=O)[nH]1.[Fe+2].[Fm].[Fm].[Fm]. The molecule has 8 aromatic carbocycles. The molecule has 0 bridgehead atoms. The van der Waals surface area contributed by atoms with Crippen molar-refractivity contribution in [2.24, 2.45) is 0 Å². The minimum atomic E-state index is -4.87. The molecule has 9 aromatic rings. The Morgan fingerprint density at radius 3 is 1.78 bits per heavy atom. The van der Waals surface area contributed by atoms with E-state index in [2.05, 4.69) is 35.8 Å².